The van der Waals surface area contributed by atoms with Gasteiger partial charge in [-0.2, -0.15) is 0 Å². The van der Waals surface area contributed by atoms with Crippen LogP contribution in [0.25, 0.3) is 0 Å². The van der Waals surface area contributed by atoms with Gasteiger partial charge in [-0.3, -0.25) is 4.79 Å². The first-order chi connectivity index (χ1) is 14.4. The molecule has 0 saturated carbocycles. The molecule has 0 aliphatic carbocycles. The van der Waals surface area contributed by atoms with E-state index in [0.29, 0.717) is 22.6 Å². The molecule has 9 heteroatoms. The van der Waals surface area contributed by atoms with Crippen LogP contribution < -0.4 is 9.47 Å². The average molecular weight is 418 g/mol. The molecule has 2 aliphatic heterocycles. The Balaban J connectivity index is 1.46. The minimum Gasteiger partial charge on any atom is -0.508 e. The minimum atomic E-state index is -1.53. The Kier molecular flexibility index (Phi) is 5.63. The Bertz CT molecular complexity index is 911. The number of rotatable bonds is 4. The van der Waals surface area contributed by atoms with Crippen LogP contribution in [0.4, 0.5) is 0 Å². The molecule has 0 aromatic heterocycles. The fraction of sp³-hybridized carbons (Fsp3) is 0.381. The Hall–Kier alpha value is -2.69. The number of carbonyl (C=O) groups is 1. The van der Waals surface area contributed by atoms with Crippen LogP contribution in [0.3, 0.4) is 0 Å². The summed E-state index contributed by atoms with van der Waals surface area (Å²) in [5.74, 6) is 0.537. The molecule has 6 atom stereocenters. The second kappa shape index (κ2) is 8.21. The third kappa shape index (κ3) is 3.85. The molecule has 0 unspecified atom stereocenters. The Morgan fingerprint density at radius 2 is 1.73 bits per heavy atom. The summed E-state index contributed by atoms with van der Waals surface area (Å²) in [7, 11) is 0. The van der Waals surface area contributed by atoms with Crippen molar-refractivity contribution in [2.75, 3.05) is 6.61 Å². The average Bonchev–Trinajstić information content (AvgIpc) is 2.74. The van der Waals surface area contributed by atoms with Crippen molar-refractivity contribution < 1.29 is 44.5 Å². The number of hydrogen-bond donors (Lipinski definition) is 5. The normalized spacial score (nSPS) is 31.0. The molecule has 1 fully saturated rings. The van der Waals surface area contributed by atoms with Crippen LogP contribution in [0.15, 0.2) is 42.5 Å². The largest absolute Gasteiger partial charge is 0.508 e. The zero-order valence-electron chi connectivity index (χ0n) is 15.8. The Labute approximate surface area is 171 Å². The van der Waals surface area contributed by atoms with Crippen molar-refractivity contribution in [2.45, 2.75) is 43.2 Å². The third-order valence-corrected chi connectivity index (χ3v) is 5.26. The monoisotopic (exact) mass is 418 g/mol. The molecule has 30 heavy (non-hydrogen) atoms. The Morgan fingerprint density at radius 1 is 1.00 bits per heavy atom. The molecular weight excluding hydrogens is 396 g/mol. The lowest BCUT2D eigenvalue weighted by atomic mass is 9.96. The number of benzene rings is 2. The van der Waals surface area contributed by atoms with Crippen molar-refractivity contribution in [3.05, 3.63) is 53.6 Å². The number of carbonyl (C=O) groups excluding carboxylic acids is 1. The highest BCUT2D eigenvalue weighted by Crippen LogP contribution is 2.37. The van der Waals surface area contributed by atoms with Crippen LogP contribution >= 0.6 is 0 Å². The smallest absolute Gasteiger partial charge is 0.229 e. The van der Waals surface area contributed by atoms with Crippen molar-refractivity contribution in [1.82, 2.24) is 0 Å². The molecule has 0 bridgehead atoms. The molecule has 160 valence electrons. The summed E-state index contributed by atoms with van der Waals surface area (Å²) >= 11 is 0. The standard InChI is InChI=1S/C21H22O9/c22-9-17-18(25)19(26)20(27)21(30-17)28-12-4-1-10(2-5-12)15-8-14(24)13-6-3-11(23)7-16(13)29-15/h1-7,15,17-23,25-27H,8-9H2/t15-,17+,18+,19-,20+,21+/m1/s1. The number of fused-ring (bicyclic) bond motifs is 1. The molecule has 2 aromatic carbocycles. The number of phenols is 1. The fourth-order valence-electron chi connectivity index (χ4n) is 3.56. The summed E-state index contributed by atoms with van der Waals surface area (Å²) in [5.41, 5.74) is 1.13. The van der Waals surface area contributed by atoms with Crippen LogP contribution in [-0.4, -0.2) is 68.6 Å². The van der Waals surface area contributed by atoms with Crippen molar-refractivity contribution in [3.8, 4) is 17.2 Å². The number of Topliss-reactive ketones (excluding diaryl/α,β-unsaturated/α-hetero) is 1. The van der Waals surface area contributed by atoms with Gasteiger partial charge in [-0.1, -0.05) is 12.1 Å². The van der Waals surface area contributed by atoms with Gasteiger partial charge in [0.2, 0.25) is 6.29 Å². The SMILES string of the molecule is O=C1C[C@H](c2ccc(O[C@H]3O[C@@H](CO)[C@H](O)[C@@H](O)[C@@H]3O)cc2)Oc2cc(O)ccc21. The second-order valence-corrected chi connectivity index (χ2v) is 7.30. The van der Waals surface area contributed by atoms with Crippen LogP contribution in [0.5, 0.6) is 17.2 Å². The second-order valence-electron chi connectivity index (χ2n) is 7.30. The lowest BCUT2D eigenvalue weighted by Gasteiger charge is -2.39. The highest BCUT2D eigenvalue weighted by atomic mass is 16.7. The van der Waals surface area contributed by atoms with Gasteiger partial charge in [0.15, 0.2) is 5.78 Å². The highest BCUT2D eigenvalue weighted by molar-refractivity contribution is 6.00. The summed E-state index contributed by atoms with van der Waals surface area (Å²) in [6.07, 6.45) is -7.24. The number of phenolic OH excluding ortho intramolecular Hbond substituents is 1. The maximum absolute atomic E-state index is 12.4. The van der Waals surface area contributed by atoms with Crippen molar-refractivity contribution >= 4 is 5.78 Å². The minimum absolute atomic E-state index is 0.00507. The molecule has 1 saturated heterocycles. The molecule has 2 aliphatic rings. The van der Waals surface area contributed by atoms with Crippen LogP contribution in [0, 0.1) is 0 Å². The summed E-state index contributed by atoms with van der Waals surface area (Å²) in [6.45, 7) is -0.548. The first-order valence-corrected chi connectivity index (χ1v) is 9.47. The van der Waals surface area contributed by atoms with E-state index in [4.69, 9.17) is 14.2 Å². The van der Waals surface area contributed by atoms with E-state index in [9.17, 15) is 30.3 Å². The molecule has 0 radical (unpaired) electrons. The first-order valence-electron chi connectivity index (χ1n) is 9.47. The summed E-state index contributed by atoms with van der Waals surface area (Å²) < 4.78 is 16.7. The number of aromatic hydroxyl groups is 1. The van der Waals surface area contributed by atoms with Gasteiger partial charge in [0.1, 0.15) is 47.8 Å². The van der Waals surface area contributed by atoms with E-state index in [2.05, 4.69) is 0 Å². The van der Waals surface area contributed by atoms with Crippen LogP contribution in [0.1, 0.15) is 28.4 Å². The van der Waals surface area contributed by atoms with E-state index < -0.39 is 43.4 Å². The van der Waals surface area contributed by atoms with Crippen LogP contribution in [-0.2, 0) is 4.74 Å². The van der Waals surface area contributed by atoms with E-state index >= 15 is 0 Å². The van der Waals surface area contributed by atoms with Crippen molar-refractivity contribution in [1.29, 1.82) is 0 Å². The van der Waals surface area contributed by atoms with Crippen molar-refractivity contribution in [3.63, 3.8) is 0 Å². The predicted molar refractivity (Wildman–Crippen MR) is 101 cm³/mol. The van der Waals surface area contributed by atoms with E-state index in [1.807, 2.05) is 0 Å². The first kappa shape index (κ1) is 20.6. The number of hydrogen-bond acceptors (Lipinski definition) is 9. The van der Waals surface area contributed by atoms with Gasteiger partial charge in [0, 0.05) is 6.07 Å². The molecular formula is C21H22O9. The zero-order chi connectivity index (χ0) is 21.4. The third-order valence-electron chi connectivity index (χ3n) is 5.26. The summed E-state index contributed by atoms with van der Waals surface area (Å²) in [4.78, 5) is 12.4. The van der Waals surface area contributed by atoms with Gasteiger partial charge < -0.3 is 39.7 Å². The zero-order valence-corrected chi connectivity index (χ0v) is 15.8. The number of ketones is 1. The van der Waals surface area contributed by atoms with Gasteiger partial charge in [0.25, 0.3) is 0 Å². The molecule has 9 nitrogen and oxygen atoms in total. The number of ether oxygens (including phenoxy) is 3. The van der Waals surface area contributed by atoms with Crippen LogP contribution in [0.2, 0.25) is 0 Å². The van der Waals surface area contributed by atoms with E-state index in [0.717, 1.165) is 0 Å². The fourth-order valence-corrected chi connectivity index (χ4v) is 3.56. The lowest BCUT2D eigenvalue weighted by Crippen LogP contribution is -2.60. The predicted octanol–water partition coefficient (Wildman–Crippen LogP) is 0.277. The Morgan fingerprint density at radius 3 is 2.43 bits per heavy atom. The molecule has 2 heterocycles. The topological polar surface area (TPSA) is 146 Å². The van der Waals surface area contributed by atoms with Gasteiger partial charge >= 0.3 is 0 Å². The molecule has 0 amide bonds. The molecule has 0 spiro atoms. The van der Waals surface area contributed by atoms with Gasteiger partial charge in [-0.05, 0) is 29.8 Å². The lowest BCUT2D eigenvalue weighted by molar-refractivity contribution is -0.277. The molecule has 4 rings (SSSR count). The maximum Gasteiger partial charge on any atom is 0.229 e. The van der Waals surface area contributed by atoms with E-state index in [-0.39, 0.29) is 18.0 Å². The summed E-state index contributed by atoms with van der Waals surface area (Å²) in [5, 5.41) is 48.6. The highest BCUT2D eigenvalue weighted by Gasteiger charge is 2.44. The summed E-state index contributed by atoms with van der Waals surface area (Å²) in [6, 6.07) is 10.9. The number of aliphatic hydroxyl groups excluding tert-OH is 4. The van der Waals surface area contributed by atoms with Gasteiger partial charge in [-0.25, -0.2) is 0 Å². The molecule has 2 aromatic rings. The van der Waals surface area contributed by atoms with Gasteiger partial charge in [0.05, 0.1) is 18.6 Å². The number of aliphatic hydroxyl groups is 4. The quantitative estimate of drug-likeness (QED) is 0.472. The van der Waals surface area contributed by atoms with E-state index in [1.54, 1.807) is 24.3 Å². The van der Waals surface area contributed by atoms with E-state index in [1.165, 1.54) is 18.2 Å². The maximum atomic E-state index is 12.4. The van der Waals surface area contributed by atoms with Crippen molar-refractivity contribution in [2.24, 2.45) is 0 Å². The van der Waals surface area contributed by atoms with Gasteiger partial charge in [-0.15, -0.1) is 0 Å². The molecule has 5 N–H and O–H groups in total.